The number of benzene rings is 1. The zero-order chi connectivity index (χ0) is 16.2. The molecule has 3 rings (SSSR count). The number of nitrogens with zero attached hydrogens (tertiary/aromatic N) is 2. The van der Waals surface area contributed by atoms with Crippen molar-refractivity contribution in [3.8, 4) is 0 Å². The standard InChI is InChI=1S/C16H14FN3O3/c1-10(18-15(21)12-6-7-22-9-12)16-19-14(20-23-16)8-11-2-4-13(17)5-3-11/h2-7,9-10H,8H2,1H3,(H,18,21)/t10-/m0/s1. The maximum absolute atomic E-state index is 12.9. The Bertz CT molecular complexity index is 781. The Morgan fingerprint density at radius 2 is 2.09 bits per heavy atom. The van der Waals surface area contributed by atoms with Crippen molar-refractivity contribution in [1.82, 2.24) is 15.5 Å². The molecule has 0 unspecified atom stereocenters. The minimum atomic E-state index is -0.438. The van der Waals surface area contributed by atoms with Crippen LogP contribution in [-0.4, -0.2) is 16.0 Å². The third-order valence-corrected chi connectivity index (χ3v) is 3.26. The van der Waals surface area contributed by atoms with Crippen LogP contribution in [0.1, 0.15) is 40.6 Å². The monoisotopic (exact) mass is 315 g/mol. The summed E-state index contributed by atoms with van der Waals surface area (Å²) in [7, 11) is 0. The van der Waals surface area contributed by atoms with E-state index in [-0.39, 0.29) is 11.7 Å². The van der Waals surface area contributed by atoms with Gasteiger partial charge in [0.25, 0.3) is 5.91 Å². The van der Waals surface area contributed by atoms with Crippen LogP contribution in [0.4, 0.5) is 4.39 Å². The normalized spacial score (nSPS) is 12.1. The zero-order valence-electron chi connectivity index (χ0n) is 12.3. The van der Waals surface area contributed by atoms with Gasteiger partial charge in [-0.15, -0.1) is 0 Å². The van der Waals surface area contributed by atoms with Gasteiger partial charge in [0.1, 0.15) is 18.1 Å². The summed E-state index contributed by atoms with van der Waals surface area (Å²) in [6.07, 6.45) is 3.20. The topological polar surface area (TPSA) is 81.2 Å². The molecule has 0 fully saturated rings. The Balaban J connectivity index is 1.64. The van der Waals surface area contributed by atoms with Crippen LogP contribution in [0.15, 0.2) is 51.8 Å². The molecule has 6 nitrogen and oxygen atoms in total. The first-order chi connectivity index (χ1) is 11.1. The summed E-state index contributed by atoms with van der Waals surface area (Å²) in [5, 5.41) is 6.61. The van der Waals surface area contributed by atoms with E-state index in [1.165, 1.54) is 24.7 Å². The SMILES string of the molecule is C[C@H](NC(=O)c1ccoc1)c1nc(Cc2ccc(F)cc2)no1. The molecular formula is C16H14FN3O3. The van der Waals surface area contributed by atoms with E-state index in [1.807, 2.05) is 0 Å². The van der Waals surface area contributed by atoms with Gasteiger partial charge < -0.3 is 14.3 Å². The second kappa shape index (κ2) is 6.43. The number of furan rings is 1. The van der Waals surface area contributed by atoms with Crippen LogP contribution in [0.2, 0.25) is 0 Å². The third kappa shape index (κ3) is 3.63. The Labute approximate surface area is 131 Å². The van der Waals surface area contributed by atoms with Gasteiger partial charge in [0.2, 0.25) is 5.89 Å². The summed E-state index contributed by atoms with van der Waals surface area (Å²) in [5.41, 5.74) is 1.29. The van der Waals surface area contributed by atoms with Crippen LogP contribution < -0.4 is 5.32 Å². The average Bonchev–Trinajstić information content (AvgIpc) is 3.21. The largest absolute Gasteiger partial charge is 0.472 e. The van der Waals surface area contributed by atoms with Gasteiger partial charge in [0, 0.05) is 6.42 Å². The van der Waals surface area contributed by atoms with E-state index in [1.54, 1.807) is 25.1 Å². The van der Waals surface area contributed by atoms with Crippen LogP contribution in [0.3, 0.4) is 0 Å². The molecule has 2 heterocycles. The highest BCUT2D eigenvalue weighted by atomic mass is 19.1. The van der Waals surface area contributed by atoms with E-state index >= 15 is 0 Å². The predicted octanol–water partition coefficient (Wildman–Crippen LogP) is 2.88. The second-order valence-corrected chi connectivity index (χ2v) is 5.06. The summed E-state index contributed by atoms with van der Waals surface area (Å²) >= 11 is 0. The minimum absolute atomic E-state index is 0.287. The molecule has 0 spiro atoms. The Hall–Kier alpha value is -2.96. The molecule has 0 aliphatic carbocycles. The number of hydrogen-bond acceptors (Lipinski definition) is 5. The van der Waals surface area contributed by atoms with Gasteiger partial charge in [-0.05, 0) is 30.7 Å². The lowest BCUT2D eigenvalue weighted by Crippen LogP contribution is -2.26. The smallest absolute Gasteiger partial charge is 0.255 e. The summed E-state index contributed by atoms with van der Waals surface area (Å²) in [5.74, 6) is 0.192. The van der Waals surface area contributed by atoms with Crippen LogP contribution in [0.25, 0.3) is 0 Å². The van der Waals surface area contributed by atoms with Crippen LogP contribution in [-0.2, 0) is 6.42 Å². The van der Waals surface area contributed by atoms with Crippen LogP contribution in [0, 0.1) is 5.82 Å². The Morgan fingerprint density at radius 1 is 1.30 bits per heavy atom. The number of halogens is 1. The average molecular weight is 315 g/mol. The van der Waals surface area contributed by atoms with Gasteiger partial charge in [-0.2, -0.15) is 4.98 Å². The first-order valence-electron chi connectivity index (χ1n) is 7.02. The fraction of sp³-hybridized carbons (Fsp3) is 0.188. The van der Waals surface area contributed by atoms with Gasteiger partial charge in [0.05, 0.1) is 11.8 Å². The van der Waals surface area contributed by atoms with Crippen molar-refractivity contribution in [2.45, 2.75) is 19.4 Å². The summed E-state index contributed by atoms with van der Waals surface area (Å²) in [6.45, 7) is 1.74. The van der Waals surface area contributed by atoms with E-state index in [4.69, 9.17) is 8.94 Å². The van der Waals surface area contributed by atoms with Gasteiger partial charge in [-0.25, -0.2) is 4.39 Å². The molecule has 0 radical (unpaired) electrons. The van der Waals surface area contributed by atoms with E-state index in [0.717, 1.165) is 5.56 Å². The number of carbonyl (C=O) groups excluding carboxylic acids is 1. The molecule has 0 saturated carbocycles. The van der Waals surface area contributed by atoms with Crippen LogP contribution >= 0.6 is 0 Å². The Kier molecular flexibility index (Phi) is 4.18. The van der Waals surface area contributed by atoms with E-state index in [0.29, 0.717) is 23.7 Å². The molecule has 1 amide bonds. The third-order valence-electron chi connectivity index (χ3n) is 3.26. The molecule has 23 heavy (non-hydrogen) atoms. The molecule has 3 aromatic rings. The lowest BCUT2D eigenvalue weighted by Gasteiger charge is -2.07. The molecule has 118 valence electrons. The summed E-state index contributed by atoms with van der Waals surface area (Å²) in [4.78, 5) is 16.2. The number of amides is 1. The van der Waals surface area contributed by atoms with Gasteiger partial charge in [0.15, 0.2) is 5.82 Å². The molecule has 1 N–H and O–H groups in total. The van der Waals surface area contributed by atoms with E-state index in [9.17, 15) is 9.18 Å². The number of carbonyl (C=O) groups is 1. The van der Waals surface area contributed by atoms with Crippen molar-refractivity contribution in [3.05, 3.63) is 71.5 Å². The Morgan fingerprint density at radius 3 is 2.78 bits per heavy atom. The number of nitrogens with one attached hydrogen (secondary N) is 1. The lowest BCUT2D eigenvalue weighted by atomic mass is 10.1. The fourth-order valence-corrected chi connectivity index (χ4v) is 2.04. The zero-order valence-corrected chi connectivity index (χ0v) is 12.3. The van der Waals surface area contributed by atoms with Crippen molar-refractivity contribution >= 4 is 5.91 Å². The van der Waals surface area contributed by atoms with Crippen molar-refractivity contribution in [2.24, 2.45) is 0 Å². The van der Waals surface area contributed by atoms with Crippen LogP contribution in [0.5, 0.6) is 0 Å². The molecular weight excluding hydrogens is 301 g/mol. The summed E-state index contributed by atoms with van der Waals surface area (Å²) < 4.78 is 22.9. The lowest BCUT2D eigenvalue weighted by molar-refractivity contribution is 0.0932. The molecule has 1 atom stereocenters. The molecule has 2 aromatic heterocycles. The molecule has 7 heteroatoms. The molecule has 1 aromatic carbocycles. The highest BCUT2D eigenvalue weighted by Crippen LogP contribution is 2.13. The van der Waals surface area contributed by atoms with Crippen molar-refractivity contribution in [3.63, 3.8) is 0 Å². The first-order valence-corrected chi connectivity index (χ1v) is 7.02. The second-order valence-electron chi connectivity index (χ2n) is 5.06. The number of hydrogen-bond donors (Lipinski definition) is 1. The fourth-order valence-electron chi connectivity index (χ4n) is 2.04. The van der Waals surface area contributed by atoms with Crippen molar-refractivity contribution in [1.29, 1.82) is 0 Å². The predicted molar refractivity (Wildman–Crippen MR) is 78.1 cm³/mol. The van der Waals surface area contributed by atoms with Gasteiger partial charge in [-0.1, -0.05) is 17.3 Å². The molecule has 0 aliphatic rings. The van der Waals surface area contributed by atoms with Crippen molar-refractivity contribution < 1.29 is 18.1 Å². The molecule has 0 aliphatic heterocycles. The maximum Gasteiger partial charge on any atom is 0.255 e. The summed E-state index contributed by atoms with van der Waals surface area (Å²) in [6, 6.07) is 7.21. The van der Waals surface area contributed by atoms with Gasteiger partial charge >= 0.3 is 0 Å². The highest BCUT2D eigenvalue weighted by Gasteiger charge is 2.18. The number of rotatable bonds is 5. The first kappa shape index (κ1) is 15.0. The minimum Gasteiger partial charge on any atom is -0.472 e. The van der Waals surface area contributed by atoms with Crippen molar-refractivity contribution in [2.75, 3.05) is 0 Å². The van der Waals surface area contributed by atoms with E-state index in [2.05, 4.69) is 15.5 Å². The molecule has 0 bridgehead atoms. The quantitative estimate of drug-likeness (QED) is 0.783. The maximum atomic E-state index is 12.9. The highest BCUT2D eigenvalue weighted by molar-refractivity contribution is 5.93. The molecule has 0 saturated heterocycles. The van der Waals surface area contributed by atoms with Gasteiger partial charge in [-0.3, -0.25) is 4.79 Å². The van der Waals surface area contributed by atoms with E-state index < -0.39 is 6.04 Å². The number of aromatic nitrogens is 2.